The largest absolute Gasteiger partial charge is 0.366 e. The highest BCUT2D eigenvalue weighted by atomic mass is 35.5. The number of thiophene rings is 1. The molecule has 7 nitrogen and oxygen atoms in total. The van der Waals surface area contributed by atoms with Gasteiger partial charge in [-0.05, 0) is 30.1 Å². The number of carbonyl (C=O) groups is 2. The molecule has 2 amide bonds. The summed E-state index contributed by atoms with van der Waals surface area (Å²) in [6.45, 7) is 1.19. The molecule has 0 aliphatic carbocycles. The number of nitrogens with one attached hydrogen (secondary N) is 1. The van der Waals surface area contributed by atoms with Gasteiger partial charge in [0.25, 0.3) is 5.91 Å². The van der Waals surface area contributed by atoms with Crippen LogP contribution < -0.4 is 11.1 Å². The number of benzene rings is 2. The molecule has 2 aromatic carbocycles. The maximum atomic E-state index is 12.6. The number of nitrogens with zero attached hydrogens (tertiary/aromatic N) is 3. The van der Waals surface area contributed by atoms with Gasteiger partial charge >= 0.3 is 0 Å². The Labute approximate surface area is 206 Å². The Balaban J connectivity index is 1.51. The van der Waals surface area contributed by atoms with E-state index in [1.54, 1.807) is 11.4 Å². The maximum Gasteiger partial charge on any atom is 0.251 e. The number of nitrogens with two attached hydrogens (primary N) is 1. The van der Waals surface area contributed by atoms with Crippen LogP contribution in [0, 0.1) is 0 Å². The van der Waals surface area contributed by atoms with Gasteiger partial charge in [-0.2, -0.15) is 5.10 Å². The molecule has 9 heteroatoms. The molecular weight excluding hydrogens is 470 g/mol. The lowest BCUT2D eigenvalue weighted by Crippen LogP contribution is -2.30. The second-order valence-electron chi connectivity index (χ2n) is 7.91. The van der Waals surface area contributed by atoms with Gasteiger partial charge in [-0.3, -0.25) is 19.2 Å². The van der Waals surface area contributed by atoms with E-state index in [9.17, 15) is 9.59 Å². The monoisotopic (exact) mass is 493 g/mol. The second-order valence-corrected chi connectivity index (χ2v) is 9.23. The maximum absolute atomic E-state index is 12.6. The van der Waals surface area contributed by atoms with Crippen LogP contribution >= 0.6 is 22.9 Å². The first-order chi connectivity index (χ1) is 16.4. The third kappa shape index (κ3) is 5.72. The summed E-state index contributed by atoms with van der Waals surface area (Å²) in [5, 5.41) is 10.5. The summed E-state index contributed by atoms with van der Waals surface area (Å²) in [4.78, 5) is 26.0. The number of anilines is 1. The molecule has 0 spiro atoms. The standard InChI is InChI=1S/C25H24ClN5O2S/c1-30(16-22(32)28-25-20(24(27)33)11-12-34-25)13-19-15-31(14-18-9-5-6-10-21(18)26)29-23(19)17-7-3-2-4-8-17/h2-12,15H,13-14,16H2,1H3,(H2,27,33)(H,28,32). The third-order valence-corrected chi connectivity index (χ3v) is 6.41. The first-order valence-corrected chi connectivity index (χ1v) is 11.9. The van der Waals surface area contributed by atoms with E-state index in [0.29, 0.717) is 28.7 Å². The van der Waals surface area contributed by atoms with Gasteiger partial charge < -0.3 is 11.1 Å². The molecule has 0 bridgehead atoms. The first kappa shape index (κ1) is 23.7. The Morgan fingerprint density at radius 3 is 2.56 bits per heavy atom. The average Bonchev–Trinajstić information content (AvgIpc) is 3.42. The number of carbonyl (C=O) groups excluding carboxylic acids is 2. The van der Waals surface area contributed by atoms with Crippen molar-refractivity contribution < 1.29 is 9.59 Å². The lowest BCUT2D eigenvalue weighted by Gasteiger charge is -2.16. The van der Waals surface area contributed by atoms with E-state index < -0.39 is 5.91 Å². The molecule has 0 fully saturated rings. The van der Waals surface area contributed by atoms with Gasteiger partial charge in [-0.1, -0.05) is 60.1 Å². The molecular formula is C25H24ClN5O2S. The number of hydrogen-bond acceptors (Lipinski definition) is 5. The minimum Gasteiger partial charge on any atom is -0.366 e. The Bertz CT molecular complexity index is 1300. The summed E-state index contributed by atoms with van der Waals surface area (Å²) in [6.07, 6.45) is 1.99. The highest BCUT2D eigenvalue weighted by Crippen LogP contribution is 2.25. The van der Waals surface area contributed by atoms with Crippen molar-refractivity contribution in [1.29, 1.82) is 0 Å². The molecule has 2 aromatic heterocycles. The van der Waals surface area contributed by atoms with E-state index in [1.807, 2.05) is 77.4 Å². The Kier molecular flexibility index (Phi) is 7.42. The van der Waals surface area contributed by atoms with Crippen LogP contribution in [0.4, 0.5) is 5.00 Å². The smallest absolute Gasteiger partial charge is 0.251 e. The van der Waals surface area contributed by atoms with E-state index >= 15 is 0 Å². The van der Waals surface area contributed by atoms with E-state index in [0.717, 1.165) is 22.4 Å². The minimum absolute atomic E-state index is 0.139. The third-order valence-electron chi connectivity index (χ3n) is 5.21. The van der Waals surface area contributed by atoms with Crippen molar-refractivity contribution >= 4 is 39.8 Å². The fourth-order valence-corrected chi connectivity index (χ4v) is 4.66. The molecule has 0 aliphatic heterocycles. The van der Waals surface area contributed by atoms with Crippen molar-refractivity contribution in [3.63, 3.8) is 0 Å². The normalized spacial score (nSPS) is 11.0. The van der Waals surface area contributed by atoms with Crippen LogP contribution in [0.2, 0.25) is 5.02 Å². The molecule has 4 aromatic rings. The number of likely N-dealkylation sites (N-methyl/N-ethyl adjacent to an activating group) is 1. The van der Waals surface area contributed by atoms with Crippen LogP contribution in [0.25, 0.3) is 11.3 Å². The molecule has 34 heavy (non-hydrogen) atoms. The molecule has 0 saturated carbocycles. The van der Waals surface area contributed by atoms with E-state index in [2.05, 4.69) is 5.32 Å². The zero-order chi connectivity index (χ0) is 24.1. The van der Waals surface area contributed by atoms with Crippen molar-refractivity contribution in [2.45, 2.75) is 13.1 Å². The lowest BCUT2D eigenvalue weighted by atomic mass is 10.1. The SMILES string of the molecule is CN(CC(=O)Nc1sccc1C(N)=O)Cc1cn(Cc2ccccc2Cl)nc1-c1ccccc1. The summed E-state index contributed by atoms with van der Waals surface area (Å²) in [6, 6.07) is 19.2. The van der Waals surface area contributed by atoms with Crippen molar-refractivity contribution in [2.75, 3.05) is 18.9 Å². The molecule has 0 aliphatic rings. The van der Waals surface area contributed by atoms with Gasteiger partial charge in [0.1, 0.15) is 5.00 Å². The number of primary amides is 1. The van der Waals surface area contributed by atoms with Crippen LogP contribution in [-0.4, -0.2) is 40.1 Å². The van der Waals surface area contributed by atoms with E-state index in [1.165, 1.54) is 11.3 Å². The molecule has 0 atom stereocenters. The lowest BCUT2D eigenvalue weighted by molar-refractivity contribution is -0.117. The average molecular weight is 494 g/mol. The number of rotatable bonds is 9. The Hall–Kier alpha value is -3.46. The Morgan fingerprint density at radius 1 is 1.09 bits per heavy atom. The van der Waals surface area contributed by atoms with Gasteiger partial charge in [-0.15, -0.1) is 11.3 Å². The molecule has 4 rings (SSSR count). The zero-order valence-corrected chi connectivity index (χ0v) is 20.1. The summed E-state index contributed by atoms with van der Waals surface area (Å²) < 4.78 is 1.87. The van der Waals surface area contributed by atoms with Gasteiger partial charge in [0.05, 0.1) is 24.3 Å². The fraction of sp³-hybridized carbons (Fsp3) is 0.160. The number of aromatic nitrogens is 2. The number of halogens is 1. The van der Waals surface area contributed by atoms with Gasteiger partial charge in [0.2, 0.25) is 5.91 Å². The predicted molar refractivity (Wildman–Crippen MR) is 136 cm³/mol. The molecule has 3 N–H and O–H groups in total. The first-order valence-electron chi connectivity index (χ1n) is 10.6. The van der Waals surface area contributed by atoms with E-state index in [4.69, 9.17) is 22.4 Å². The summed E-state index contributed by atoms with van der Waals surface area (Å²) >= 11 is 7.61. The molecule has 174 valence electrons. The second kappa shape index (κ2) is 10.6. The molecule has 0 radical (unpaired) electrons. The van der Waals surface area contributed by atoms with Crippen LogP contribution in [0.3, 0.4) is 0 Å². The fourth-order valence-electron chi connectivity index (χ4n) is 3.66. The quantitative estimate of drug-likeness (QED) is 0.359. The van der Waals surface area contributed by atoms with E-state index in [-0.39, 0.29) is 12.5 Å². The topological polar surface area (TPSA) is 93.3 Å². The molecule has 0 unspecified atom stereocenters. The Morgan fingerprint density at radius 2 is 1.82 bits per heavy atom. The number of hydrogen-bond donors (Lipinski definition) is 2. The predicted octanol–water partition coefficient (Wildman–Crippen LogP) is 4.48. The van der Waals surface area contributed by atoms with Gasteiger partial charge in [0, 0.05) is 28.9 Å². The van der Waals surface area contributed by atoms with Crippen LogP contribution in [0.5, 0.6) is 0 Å². The highest BCUT2D eigenvalue weighted by Gasteiger charge is 2.17. The van der Waals surface area contributed by atoms with Crippen molar-refractivity contribution in [3.8, 4) is 11.3 Å². The summed E-state index contributed by atoms with van der Waals surface area (Å²) in [5.41, 5.74) is 9.50. The zero-order valence-electron chi connectivity index (χ0n) is 18.6. The van der Waals surface area contributed by atoms with Crippen molar-refractivity contribution in [1.82, 2.24) is 14.7 Å². The minimum atomic E-state index is -0.566. The van der Waals surface area contributed by atoms with Crippen LogP contribution in [0.15, 0.2) is 72.2 Å². The van der Waals surface area contributed by atoms with Gasteiger partial charge in [-0.25, -0.2) is 0 Å². The molecule has 2 heterocycles. The highest BCUT2D eigenvalue weighted by molar-refractivity contribution is 7.14. The van der Waals surface area contributed by atoms with Crippen LogP contribution in [0.1, 0.15) is 21.5 Å². The number of amides is 2. The van der Waals surface area contributed by atoms with Crippen molar-refractivity contribution in [2.24, 2.45) is 5.73 Å². The molecule has 0 saturated heterocycles. The van der Waals surface area contributed by atoms with Crippen LogP contribution in [-0.2, 0) is 17.9 Å². The summed E-state index contributed by atoms with van der Waals surface area (Å²) in [7, 11) is 1.86. The van der Waals surface area contributed by atoms with Crippen molar-refractivity contribution in [3.05, 3.63) is 94.0 Å². The summed E-state index contributed by atoms with van der Waals surface area (Å²) in [5.74, 6) is -0.791. The van der Waals surface area contributed by atoms with Gasteiger partial charge in [0.15, 0.2) is 0 Å².